The number of fused-ring (bicyclic) bond motifs is 1. The van der Waals surface area contributed by atoms with Crippen LogP contribution in [0.2, 0.25) is 5.02 Å². The van der Waals surface area contributed by atoms with Crippen molar-refractivity contribution in [3.8, 4) is 28.3 Å². The number of aromatic nitrogens is 3. The molecule has 0 atom stereocenters. The van der Waals surface area contributed by atoms with Crippen LogP contribution in [-0.4, -0.2) is 27.1 Å². The highest BCUT2D eigenvalue weighted by Crippen LogP contribution is 2.27. The normalized spacial score (nSPS) is 10.9. The van der Waals surface area contributed by atoms with Crippen molar-refractivity contribution in [1.29, 1.82) is 0 Å². The van der Waals surface area contributed by atoms with Gasteiger partial charge in [0.25, 0.3) is 5.91 Å². The van der Waals surface area contributed by atoms with E-state index in [-0.39, 0.29) is 18.2 Å². The van der Waals surface area contributed by atoms with Crippen molar-refractivity contribution < 1.29 is 9.53 Å². The van der Waals surface area contributed by atoms with E-state index in [1.165, 1.54) is 11.3 Å². The van der Waals surface area contributed by atoms with E-state index in [4.69, 9.17) is 16.3 Å². The molecule has 2 heterocycles. The molecule has 5 aromatic rings. The standard InChI is InChI=1S/C26H19ClN4O3S/c27-20-10-6-19(7-11-20)24-25(33)29-26-31(30-24)22(16-35-26)18-8-12-21(13-9-18)34-15-23(32)28-14-17-4-2-1-3-5-17/h1-13,16H,14-15H2,(H,28,32). The minimum Gasteiger partial charge on any atom is -0.484 e. The lowest BCUT2D eigenvalue weighted by molar-refractivity contribution is -0.123. The summed E-state index contributed by atoms with van der Waals surface area (Å²) in [6.07, 6.45) is 0. The second-order valence-electron chi connectivity index (χ2n) is 7.66. The van der Waals surface area contributed by atoms with Crippen LogP contribution in [-0.2, 0) is 11.3 Å². The van der Waals surface area contributed by atoms with Crippen molar-refractivity contribution in [2.24, 2.45) is 0 Å². The Morgan fingerprint density at radius 2 is 1.69 bits per heavy atom. The molecule has 1 amide bonds. The van der Waals surface area contributed by atoms with E-state index in [0.717, 1.165) is 16.8 Å². The Hall–Kier alpha value is -4.01. The van der Waals surface area contributed by atoms with E-state index in [0.29, 0.717) is 27.8 Å². The van der Waals surface area contributed by atoms with E-state index in [2.05, 4.69) is 15.4 Å². The van der Waals surface area contributed by atoms with E-state index >= 15 is 0 Å². The van der Waals surface area contributed by atoms with Gasteiger partial charge in [0.1, 0.15) is 5.75 Å². The lowest BCUT2D eigenvalue weighted by Gasteiger charge is -2.08. The van der Waals surface area contributed by atoms with Crippen LogP contribution in [0.15, 0.2) is 89.0 Å². The maximum atomic E-state index is 12.5. The number of carbonyl (C=O) groups excluding carboxylic acids is 1. The molecule has 0 unspecified atom stereocenters. The third kappa shape index (κ3) is 5.24. The fourth-order valence-electron chi connectivity index (χ4n) is 3.46. The summed E-state index contributed by atoms with van der Waals surface area (Å²) in [6, 6.07) is 23.9. The van der Waals surface area contributed by atoms with Crippen molar-refractivity contribution in [2.45, 2.75) is 6.54 Å². The molecule has 0 saturated heterocycles. The van der Waals surface area contributed by atoms with Crippen LogP contribution in [0, 0.1) is 0 Å². The molecule has 1 N–H and O–H groups in total. The molecule has 3 aromatic carbocycles. The SMILES string of the molecule is O=C(COc1ccc(-c2csc3nc(=O)c(-c4ccc(Cl)cc4)nn23)cc1)NCc1ccccc1. The lowest BCUT2D eigenvalue weighted by atomic mass is 10.1. The van der Waals surface area contributed by atoms with Crippen LogP contribution in [0.25, 0.3) is 27.5 Å². The Bertz CT molecular complexity index is 1530. The molecule has 0 aliphatic carbocycles. The van der Waals surface area contributed by atoms with Gasteiger partial charge in [-0.05, 0) is 42.0 Å². The van der Waals surface area contributed by atoms with E-state index in [9.17, 15) is 9.59 Å². The summed E-state index contributed by atoms with van der Waals surface area (Å²) in [4.78, 5) is 29.3. The number of thiazole rings is 1. The first-order valence-electron chi connectivity index (χ1n) is 10.8. The van der Waals surface area contributed by atoms with E-state index in [1.54, 1.807) is 40.9 Å². The summed E-state index contributed by atoms with van der Waals surface area (Å²) in [6.45, 7) is 0.374. The van der Waals surface area contributed by atoms with Gasteiger partial charge in [-0.2, -0.15) is 10.1 Å². The maximum Gasteiger partial charge on any atom is 0.300 e. The number of rotatable bonds is 7. The van der Waals surface area contributed by atoms with Gasteiger partial charge in [-0.25, -0.2) is 4.52 Å². The minimum absolute atomic E-state index is 0.0789. The third-order valence-electron chi connectivity index (χ3n) is 5.26. The molecule has 0 radical (unpaired) electrons. The highest BCUT2D eigenvalue weighted by Gasteiger charge is 2.14. The fourth-order valence-corrected chi connectivity index (χ4v) is 4.42. The Labute approximate surface area is 209 Å². The Balaban J connectivity index is 1.29. The number of carbonyl (C=O) groups is 1. The Morgan fingerprint density at radius 3 is 2.43 bits per heavy atom. The van der Waals surface area contributed by atoms with Crippen LogP contribution in [0.4, 0.5) is 0 Å². The van der Waals surface area contributed by atoms with Gasteiger partial charge in [-0.3, -0.25) is 9.59 Å². The molecular formula is C26H19ClN4O3S. The smallest absolute Gasteiger partial charge is 0.300 e. The van der Waals surface area contributed by atoms with Crippen LogP contribution < -0.4 is 15.6 Å². The molecule has 0 spiro atoms. The summed E-state index contributed by atoms with van der Waals surface area (Å²) in [7, 11) is 0. The van der Waals surface area contributed by atoms with Crippen LogP contribution in [0.1, 0.15) is 5.56 Å². The number of nitrogens with zero attached hydrogens (tertiary/aromatic N) is 3. The number of nitrogens with one attached hydrogen (secondary N) is 1. The van der Waals surface area contributed by atoms with Gasteiger partial charge in [-0.15, -0.1) is 11.3 Å². The zero-order valence-corrected chi connectivity index (χ0v) is 19.9. The zero-order valence-electron chi connectivity index (χ0n) is 18.3. The van der Waals surface area contributed by atoms with Crippen molar-refractivity contribution in [1.82, 2.24) is 19.9 Å². The fraction of sp³-hybridized carbons (Fsp3) is 0.0769. The number of halogens is 1. The minimum atomic E-state index is -0.394. The molecule has 9 heteroatoms. The topological polar surface area (TPSA) is 85.6 Å². The summed E-state index contributed by atoms with van der Waals surface area (Å²) in [5, 5.41) is 9.87. The molecule has 35 heavy (non-hydrogen) atoms. The van der Waals surface area contributed by atoms with E-state index in [1.807, 2.05) is 47.8 Å². The summed E-state index contributed by atoms with van der Waals surface area (Å²) < 4.78 is 7.28. The molecule has 0 aliphatic heterocycles. The Morgan fingerprint density at radius 1 is 0.971 bits per heavy atom. The quantitative estimate of drug-likeness (QED) is 0.344. The molecule has 174 valence electrons. The summed E-state index contributed by atoms with van der Waals surface area (Å²) >= 11 is 7.30. The molecule has 0 fully saturated rings. The zero-order chi connectivity index (χ0) is 24.2. The largest absolute Gasteiger partial charge is 0.484 e. The van der Waals surface area contributed by atoms with Gasteiger partial charge in [0, 0.05) is 28.1 Å². The maximum absolute atomic E-state index is 12.5. The Kier molecular flexibility index (Phi) is 6.56. The van der Waals surface area contributed by atoms with Crippen LogP contribution >= 0.6 is 22.9 Å². The lowest BCUT2D eigenvalue weighted by Crippen LogP contribution is -2.28. The van der Waals surface area contributed by atoms with Gasteiger partial charge < -0.3 is 10.1 Å². The van der Waals surface area contributed by atoms with Crippen molar-refractivity contribution in [2.75, 3.05) is 6.61 Å². The first-order valence-corrected chi connectivity index (χ1v) is 12.0. The number of amides is 1. The van der Waals surface area contributed by atoms with E-state index < -0.39 is 5.56 Å². The molecule has 5 rings (SSSR count). The predicted molar refractivity (Wildman–Crippen MR) is 137 cm³/mol. The monoisotopic (exact) mass is 502 g/mol. The molecule has 0 bridgehead atoms. The van der Waals surface area contributed by atoms with Crippen molar-refractivity contribution >= 4 is 33.8 Å². The second kappa shape index (κ2) is 10.1. The van der Waals surface area contributed by atoms with Gasteiger partial charge in [0.05, 0.1) is 5.69 Å². The average molecular weight is 503 g/mol. The van der Waals surface area contributed by atoms with Crippen LogP contribution in [0.3, 0.4) is 0 Å². The molecular weight excluding hydrogens is 484 g/mol. The number of ether oxygens (including phenoxy) is 1. The highest BCUT2D eigenvalue weighted by molar-refractivity contribution is 7.15. The third-order valence-corrected chi connectivity index (χ3v) is 6.32. The molecule has 2 aromatic heterocycles. The van der Waals surface area contributed by atoms with Gasteiger partial charge in [-0.1, -0.05) is 54.1 Å². The summed E-state index contributed by atoms with van der Waals surface area (Å²) in [5.74, 6) is 0.374. The number of benzene rings is 3. The van der Waals surface area contributed by atoms with Crippen molar-refractivity contribution in [3.63, 3.8) is 0 Å². The molecule has 0 saturated carbocycles. The van der Waals surface area contributed by atoms with Gasteiger partial charge in [0.2, 0.25) is 4.96 Å². The summed E-state index contributed by atoms with van der Waals surface area (Å²) in [5.41, 5.74) is 3.19. The van der Waals surface area contributed by atoms with Crippen LogP contribution in [0.5, 0.6) is 5.75 Å². The first-order chi connectivity index (χ1) is 17.1. The van der Waals surface area contributed by atoms with Crippen molar-refractivity contribution in [3.05, 3.63) is 105 Å². The predicted octanol–water partition coefficient (Wildman–Crippen LogP) is 4.83. The number of hydrogen-bond donors (Lipinski definition) is 1. The molecule has 0 aliphatic rings. The highest BCUT2D eigenvalue weighted by atomic mass is 35.5. The second-order valence-corrected chi connectivity index (χ2v) is 8.94. The molecule has 7 nitrogen and oxygen atoms in total. The average Bonchev–Trinajstić information content (AvgIpc) is 3.30. The first kappa shape index (κ1) is 22.8. The van der Waals surface area contributed by atoms with Gasteiger partial charge in [0.15, 0.2) is 12.3 Å². The van der Waals surface area contributed by atoms with Gasteiger partial charge >= 0.3 is 5.56 Å². The number of hydrogen-bond acceptors (Lipinski definition) is 6.